The third-order valence-corrected chi connectivity index (χ3v) is 3.74. The Kier molecular flexibility index (Phi) is 18.1. The van der Waals surface area contributed by atoms with Crippen molar-refractivity contribution in [2.75, 3.05) is 0 Å². The van der Waals surface area contributed by atoms with Crippen molar-refractivity contribution >= 4 is 0 Å². The fraction of sp³-hybridized carbons (Fsp3) is 0.600. The molecular weight excluding hydrogens is 383 g/mol. The van der Waals surface area contributed by atoms with E-state index >= 15 is 0 Å². The molecule has 0 spiro atoms. The zero-order chi connectivity index (χ0) is 20.9. The summed E-state index contributed by atoms with van der Waals surface area (Å²) in [6, 6.07) is 2.26. The van der Waals surface area contributed by atoms with Crippen LogP contribution in [0.4, 0.5) is 0 Å². The smallest absolute Gasteiger partial charge is 0 e. The van der Waals surface area contributed by atoms with Crippen LogP contribution >= 0.6 is 0 Å². The predicted octanol–water partition coefficient (Wildman–Crippen LogP) is 4.21. The van der Waals surface area contributed by atoms with Crippen LogP contribution in [0.1, 0.15) is 55.4 Å². The molecule has 0 aromatic carbocycles. The van der Waals surface area contributed by atoms with Crippen molar-refractivity contribution in [3.05, 3.63) is 51.3 Å². The molecule has 6 nitrogen and oxygen atoms in total. The number of rotatable bonds is 4. The third-order valence-electron chi connectivity index (χ3n) is 3.74. The van der Waals surface area contributed by atoms with E-state index in [4.69, 9.17) is 23.7 Å². The van der Waals surface area contributed by atoms with Crippen LogP contribution in [0.5, 0.6) is 0 Å². The van der Waals surface area contributed by atoms with E-state index in [1.165, 1.54) is 0 Å². The Labute approximate surface area is 177 Å². The van der Waals surface area contributed by atoms with E-state index in [1.54, 1.807) is 0 Å². The Morgan fingerprint density at radius 1 is 0.519 bits per heavy atom. The first kappa shape index (κ1) is 29.9. The SMILES string of the molecule is CC(C)N1C=CN(C(C)C)[CH-]1.CC(C)N1C=CN(C(C)C)[CH-]1.[C-]#N.[C-]#N.[Ni]. The Morgan fingerprint density at radius 2 is 0.667 bits per heavy atom. The van der Waals surface area contributed by atoms with E-state index in [0.717, 1.165) is 0 Å². The van der Waals surface area contributed by atoms with Crippen LogP contribution < -0.4 is 0 Å². The third kappa shape index (κ3) is 11.5. The van der Waals surface area contributed by atoms with Crippen molar-refractivity contribution in [1.82, 2.24) is 19.6 Å². The van der Waals surface area contributed by atoms with Gasteiger partial charge in [-0.05, 0) is 104 Å². The van der Waals surface area contributed by atoms with E-state index in [2.05, 4.69) is 113 Å². The van der Waals surface area contributed by atoms with Crippen molar-refractivity contribution in [3.63, 3.8) is 0 Å². The van der Waals surface area contributed by atoms with Gasteiger partial charge in [-0.25, -0.2) is 0 Å². The van der Waals surface area contributed by atoms with E-state index in [9.17, 15) is 0 Å². The summed E-state index contributed by atoms with van der Waals surface area (Å²) in [5.74, 6) is 0. The molecule has 2 heterocycles. The van der Waals surface area contributed by atoms with E-state index in [0.29, 0.717) is 24.2 Å². The molecule has 2 aliphatic rings. The van der Waals surface area contributed by atoms with Gasteiger partial charge in [0.25, 0.3) is 0 Å². The fourth-order valence-electron chi connectivity index (χ4n) is 1.99. The molecule has 0 fully saturated rings. The number of hydrogen-bond acceptors (Lipinski definition) is 6. The van der Waals surface area contributed by atoms with Crippen LogP contribution in [0.2, 0.25) is 0 Å². The Balaban J connectivity index is -0.000000349. The molecule has 0 aliphatic carbocycles. The topological polar surface area (TPSA) is 60.5 Å². The summed E-state index contributed by atoms with van der Waals surface area (Å²) in [4.78, 5) is 8.83. The second-order valence-corrected chi connectivity index (χ2v) is 6.99. The molecule has 0 N–H and O–H groups in total. The van der Waals surface area contributed by atoms with Gasteiger partial charge >= 0.3 is 0 Å². The van der Waals surface area contributed by atoms with Gasteiger partial charge in [0.15, 0.2) is 0 Å². The van der Waals surface area contributed by atoms with Crippen LogP contribution in [0, 0.1) is 37.0 Å². The van der Waals surface area contributed by atoms with Crippen molar-refractivity contribution in [3.8, 4) is 0 Å². The minimum absolute atomic E-state index is 0. The fourth-order valence-corrected chi connectivity index (χ4v) is 1.99. The van der Waals surface area contributed by atoms with E-state index < -0.39 is 0 Å². The summed E-state index contributed by atoms with van der Waals surface area (Å²) in [6.45, 7) is 31.3. The quantitative estimate of drug-likeness (QED) is 0.505. The maximum absolute atomic E-state index is 6.25. The monoisotopic (exact) mass is 416 g/mol. The van der Waals surface area contributed by atoms with Crippen LogP contribution in [-0.2, 0) is 16.5 Å². The van der Waals surface area contributed by atoms with Crippen molar-refractivity contribution in [2.24, 2.45) is 0 Å². The van der Waals surface area contributed by atoms with Crippen LogP contribution in [0.25, 0.3) is 0 Å². The second kappa shape index (κ2) is 16.3. The zero-order valence-electron chi connectivity index (χ0n) is 17.8. The molecule has 0 saturated heterocycles. The Hall–Kier alpha value is -1.85. The molecule has 0 saturated carbocycles. The molecule has 0 amide bonds. The van der Waals surface area contributed by atoms with Gasteiger partial charge in [0.1, 0.15) is 0 Å². The maximum atomic E-state index is 6.25. The molecule has 0 unspecified atom stereocenters. The molecule has 0 aromatic rings. The summed E-state index contributed by atoms with van der Waals surface area (Å²) in [5.41, 5.74) is 0. The molecule has 2 rings (SSSR count). The standard InChI is InChI=1S/2C9H17N2.2CN.Ni/c2*1-8(2)10-5-6-11(7-10)9(3)4;2*1-2;/h2*5-9H,1-4H3;;;/q4*-1;. The first-order valence-corrected chi connectivity index (χ1v) is 8.83. The molecule has 2 aliphatic heterocycles. The molecule has 0 bridgehead atoms. The number of hydrogen-bond donors (Lipinski definition) is 0. The Morgan fingerprint density at radius 3 is 0.741 bits per heavy atom. The van der Waals surface area contributed by atoms with Gasteiger partial charge in [-0.1, -0.05) is 0 Å². The average molecular weight is 417 g/mol. The summed E-state index contributed by atoms with van der Waals surface area (Å²) >= 11 is 0. The minimum Gasteiger partial charge on any atom is -0.512 e. The maximum Gasteiger partial charge on any atom is 0 e. The van der Waals surface area contributed by atoms with Crippen LogP contribution in [0.15, 0.2) is 24.8 Å². The van der Waals surface area contributed by atoms with Crippen molar-refractivity contribution in [1.29, 1.82) is 10.5 Å². The molecule has 158 valence electrons. The molecule has 0 aromatic heterocycles. The molecule has 7 heteroatoms. The van der Waals surface area contributed by atoms with E-state index in [-0.39, 0.29) is 16.5 Å². The first-order valence-electron chi connectivity index (χ1n) is 8.83. The molecule has 0 radical (unpaired) electrons. The molecular formula is C20H34N6Ni-4. The summed E-state index contributed by atoms with van der Waals surface area (Å²) in [6.07, 6.45) is 8.46. The summed E-state index contributed by atoms with van der Waals surface area (Å²) < 4.78 is 0. The van der Waals surface area contributed by atoms with Gasteiger partial charge in [0.2, 0.25) is 0 Å². The van der Waals surface area contributed by atoms with Crippen LogP contribution in [0.3, 0.4) is 0 Å². The molecule has 27 heavy (non-hydrogen) atoms. The zero-order valence-corrected chi connectivity index (χ0v) is 18.8. The van der Waals surface area contributed by atoms with Gasteiger partial charge in [-0.2, -0.15) is 13.3 Å². The minimum atomic E-state index is 0. The van der Waals surface area contributed by atoms with Gasteiger partial charge in [-0.3, -0.25) is 0 Å². The van der Waals surface area contributed by atoms with Crippen LogP contribution in [-0.4, -0.2) is 43.8 Å². The van der Waals surface area contributed by atoms with Crippen molar-refractivity contribution in [2.45, 2.75) is 79.6 Å². The first-order chi connectivity index (χ1) is 12.2. The summed E-state index contributed by atoms with van der Waals surface area (Å²) in [7, 11) is 0. The number of nitrogens with zero attached hydrogens (tertiary/aromatic N) is 6. The van der Waals surface area contributed by atoms with Gasteiger partial charge in [0, 0.05) is 16.5 Å². The average Bonchev–Trinajstić information content (AvgIpc) is 3.29. The second-order valence-electron chi connectivity index (χ2n) is 6.99. The Bertz CT molecular complexity index is 380. The summed E-state index contributed by atoms with van der Waals surface area (Å²) in [5, 5.41) is 12.5. The van der Waals surface area contributed by atoms with E-state index in [1.807, 2.05) is 0 Å². The predicted molar refractivity (Wildman–Crippen MR) is 105 cm³/mol. The normalized spacial score (nSPS) is 14.5. The van der Waals surface area contributed by atoms with Gasteiger partial charge < -0.3 is 43.3 Å². The van der Waals surface area contributed by atoms with Gasteiger partial charge in [-0.15, -0.1) is 0 Å². The molecule has 0 atom stereocenters. The van der Waals surface area contributed by atoms with Crippen molar-refractivity contribution < 1.29 is 16.5 Å². The van der Waals surface area contributed by atoms with Gasteiger partial charge in [0.05, 0.1) is 0 Å². The largest absolute Gasteiger partial charge is 0.512 e.